The number of anilines is 1. The Bertz CT molecular complexity index is 933. The number of benzene rings is 1. The maximum atomic E-state index is 12.9. The topological polar surface area (TPSA) is 71.7 Å². The van der Waals surface area contributed by atoms with Crippen molar-refractivity contribution < 1.29 is 9.59 Å². The lowest BCUT2D eigenvalue weighted by Crippen LogP contribution is -2.47. The second kappa shape index (κ2) is 10.9. The standard InChI is InChI=1S/C26H37N5O2/c1-20-18-21(2)28-24(20)26(33)31-13-6-8-22(19-31)25(32)27-11-7-12-29-14-16-30(17-15-29)23-9-4-3-5-10-23/h3-5,9-10,18,22,28H,6-8,11-17,19H2,1-2H3,(H,27,32)/t22-/m0/s1. The van der Waals surface area contributed by atoms with Crippen LogP contribution in [0.25, 0.3) is 0 Å². The highest BCUT2D eigenvalue weighted by Crippen LogP contribution is 2.20. The molecule has 2 fully saturated rings. The van der Waals surface area contributed by atoms with Gasteiger partial charge in [-0.3, -0.25) is 14.5 Å². The molecule has 0 saturated carbocycles. The molecule has 33 heavy (non-hydrogen) atoms. The molecule has 2 saturated heterocycles. The Morgan fingerprint density at radius 3 is 2.52 bits per heavy atom. The fraction of sp³-hybridized carbons (Fsp3) is 0.538. The zero-order chi connectivity index (χ0) is 23.2. The first-order valence-electron chi connectivity index (χ1n) is 12.3. The fourth-order valence-electron chi connectivity index (χ4n) is 5.01. The molecule has 2 amide bonds. The minimum atomic E-state index is -0.117. The molecule has 0 unspecified atom stereocenters. The summed E-state index contributed by atoms with van der Waals surface area (Å²) in [6.45, 7) is 11.0. The van der Waals surface area contributed by atoms with Crippen LogP contribution in [0.5, 0.6) is 0 Å². The van der Waals surface area contributed by atoms with E-state index in [0.717, 1.165) is 69.8 Å². The molecule has 7 heteroatoms. The number of aromatic amines is 1. The van der Waals surface area contributed by atoms with Gasteiger partial charge in [0, 0.05) is 57.2 Å². The van der Waals surface area contributed by atoms with E-state index in [1.165, 1.54) is 5.69 Å². The van der Waals surface area contributed by atoms with Crippen molar-refractivity contribution in [3.8, 4) is 0 Å². The number of piperidine rings is 1. The summed E-state index contributed by atoms with van der Waals surface area (Å²) < 4.78 is 0. The Balaban J connectivity index is 1.16. The van der Waals surface area contributed by atoms with Crippen molar-refractivity contribution in [1.29, 1.82) is 0 Å². The average Bonchev–Trinajstić information content (AvgIpc) is 3.20. The van der Waals surface area contributed by atoms with E-state index in [2.05, 4.69) is 50.4 Å². The van der Waals surface area contributed by atoms with Crippen LogP contribution in [-0.2, 0) is 4.79 Å². The van der Waals surface area contributed by atoms with E-state index in [4.69, 9.17) is 0 Å². The Labute approximate surface area is 197 Å². The molecular weight excluding hydrogens is 414 g/mol. The van der Waals surface area contributed by atoms with Gasteiger partial charge in [-0.05, 0) is 63.4 Å². The first-order valence-corrected chi connectivity index (χ1v) is 12.3. The van der Waals surface area contributed by atoms with Gasteiger partial charge in [0.05, 0.1) is 5.92 Å². The third-order valence-electron chi connectivity index (χ3n) is 6.89. The molecule has 0 spiro atoms. The maximum Gasteiger partial charge on any atom is 0.270 e. The average molecular weight is 452 g/mol. The summed E-state index contributed by atoms with van der Waals surface area (Å²) in [6.07, 6.45) is 2.67. The molecule has 2 aliphatic heterocycles. The van der Waals surface area contributed by atoms with E-state index < -0.39 is 0 Å². The van der Waals surface area contributed by atoms with Gasteiger partial charge in [-0.2, -0.15) is 0 Å². The van der Waals surface area contributed by atoms with Crippen LogP contribution in [0.1, 0.15) is 41.0 Å². The molecule has 4 rings (SSSR count). The number of H-pyrrole nitrogens is 1. The lowest BCUT2D eigenvalue weighted by atomic mass is 9.96. The molecule has 0 radical (unpaired) electrons. The van der Waals surface area contributed by atoms with Crippen LogP contribution in [0.4, 0.5) is 5.69 Å². The second-order valence-corrected chi connectivity index (χ2v) is 9.41. The van der Waals surface area contributed by atoms with Gasteiger partial charge in [0.1, 0.15) is 5.69 Å². The maximum absolute atomic E-state index is 12.9. The minimum Gasteiger partial charge on any atom is -0.369 e. The Morgan fingerprint density at radius 2 is 1.82 bits per heavy atom. The van der Waals surface area contributed by atoms with Gasteiger partial charge >= 0.3 is 0 Å². The van der Waals surface area contributed by atoms with Crippen molar-refractivity contribution in [3.63, 3.8) is 0 Å². The van der Waals surface area contributed by atoms with Crippen molar-refractivity contribution in [3.05, 3.63) is 53.3 Å². The second-order valence-electron chi connectivity index (χ2n) is 9.41. The molecule has 0 bridgehead atoms. The Morgan fingerprint density at radius 1 is 1.06 bits per heavy atom. The molecule has 1 aromatic heterocycles. The van der Waals surface area contributed by atoms with E-state index in [0.29, 0.717) is 18.8 Å². The van der Waals surface area contributed by atoms with Gasteiger partial charge in [-0.1, -0.05) is 18.2 Å². The van der Waals surface area contributed by atoms with Crippen molar-refractivity contribution >= 4 is 17.5 Å². The number of rotatable bonds is 7. The number of hydrogen-bond donors (Lipinski definition) is 2. The summed E-state index contributed by atoms with van der Waals surface area (Å²) in [5.74, 6) is -0.0259. The monoisotopic (exact) mass is 451 g/mol. The Hall–Kier alpha value is -2.80. The molecule has 1 aromatic carbocycles. The molecule has 2 aliphatic rings. The number of carbonyl (C=O) groups excluding carboxylic acids is 2. The van der Waals surface area contributed by atoms with Crippen LogP contribution in [0.2, 0.25) is 0 Å². The van der Waals surface area contributed by atoms with Gasteiger partial charge < -0.3 is 20.1 Å². The van der Waals surface area contributed by atoms with E-state index in [1.54, 1.807) is 0 Å². The molecular formula is C26H37N5O2. The van der Waals surface area contributed by atoms with Crippen LogP contribution in [-0.4, -0.2) is 79.0 Å². The highest BCUT2D eigenvalue weighted by Gasteiger charge is 2.30. The first kappa shape index (κ1) is 23.4. The predicted molar refractivity (Wildman–Crippen MR) is 132 cm³/mol. The third kappa shape index (κ3) is 5.96. The smallest absolute Gasteiger partial charge is 0.270 e. The number of amides is 2. The van der Waals surface area contributed by atoms with Gasteiger partial charge in [0.25, 0.3) is 5.91 Å². The molecule has 2 N–H and O–H groups in total. The van der Waals surface area contributed by atoms with E-state index in [1.807, 2.05) is 24.8 Å². The van der Waals surface area contributed by atoms with Crippen molar-refractivity contribution in [2.75, 3.05) is 57.3 Å². The normalized spacial score (nSPS) is 19.5. The molecule has 1 atom stereocenters. The number of nitrogens with zero attached hydrogens (tertiary/aromatic N) is 3. The minimum absolute atomic E-state index is 0.00717. The molecule has 3 heterocycles. The van der Waals surface area contributed by atoms with Crippen molar-refractivity contribution in [1.82, 2.24) is 20.1 Å². The van der Waals surface area contributed by atoms with Gasteiger partial charge in [-0.25, -0.2) is 0 Å². The van der Waals surface area contributed by atoms with E-state index >= 15 is 0 Å². The number of hydrogen-bond acceptors (Lipinski definition) is 4. The van der Waals surface area contributed by atoms with Gasteiger partial charge in [-0.15, -0.1) is 0 Å². The van der Waals surface area contributed by atoms with Crippen LogP contribution in [0.15, 0.2) is 36.4 Å². The number of aromatic nitrogens is 1. The van der Waals surface area contributed by atoms with E-state index in [-0.39, 0.29) is 17.7 Å². The summed E-state index contributed by atoms with van der Waals surface area (Å²) >= 11 is 0. The van der Waals surface area contributed by atoms with E-state index in [9.17, 15) is 9.59 Å². The molecule has 0 aliphatic carbocycles. The predicted octanol–water partition coefficient (Wildman–Crippen LogP) is 2.81. The quantitative estimate of drug-likeness (QED) is 0.635. The number of para-hydroxylation sites is 1. The van der Waals surface area contributed by atoms with Crippen LogP contribution < -0.4 is 10.2 Å². The van der Waals surface area contributed by atoms with Crippen molar-refractivity contribution in [2.45, 2.75) is 33.1 Å². The number of aryl methyl sites for hydroxylation is 2. The molecule has 7 nitrogen and oxygen atoms in total. The highest BCUT2D eigenvalue weighted by atomic mass is 16.2. The van der Waals surface area contributed by atoms with Gasteiger partial charge in [0.2, 0.25) is 5.91 Å². The Kier molecular flexibility index (Phi) is 7.70. The summed E-state index contributed by atoms with van der Waals surface area (Å²) in [7, 11) is 0. The fourth-order valence-corrected chi connectivity index (χ4v) is 5.01. The molecule has 178 valence electrons. The summed E-state index contributed by atoms with van der Waals surface area (Å²) in [5, 5.41) is 3.12. The van der Waals surface area contributed by atoms with Crippen LogP contribution >= 0.6 is 0 Å². The summed E-state index contributed by atoms with van der Waals surface area (Å²) in [6, 6.07) is 12.6. The van der Waals surface area contributed by atoms with Gasteiger partial charge in [0.15, 0.2) is 0 Å². The van der Waals surface area contributed by atoms with Crippen molar-refractivity contribution in [2.24, 2.45) is 5.92 Å². The van der Waals surface area contributed by atoms with Crippen LogP contribution in [0.3, 0.4) is 0 Å². The first-order chi connectivity index (χ1) is 16.0. The number of carbonyl (C=O) groups is 2. The summed E-state index contributed by atoms with van der Waals surface area (Å²) in [4.78, 5) is 35.6. The van der Waals surface area contributed by atoms with Crippen LogP contribution in [0, 0.1) is 19.8 Å². The zero-order valence-corrected chi connectivity index (χ0v) is 20.0. The number of piperazine rings is 1. The lowest BCUT2D eigenvalue weighted by molar-refractivity contribution is -0.126. The zero-order valence-electron chi connectivity index (χ0n) is 20.0. The number of likely N-dealkylation sites (tertiary alicyclic amines) is 1. The highest BCUT2D eigenvalue weighted by molar-refractivity contribution is 5.94. The third-order valence-corrected chi connectivity index (χ3v) is 6.89. The SMILES string of the molecule is Cc1cc(C)c(C(=O)N2CCC[C@H](C(=O)NCCCN3CCN(c4ccccc4)CC3)C2)[nH]1. The lowest BCUT2D eigenvalue weighted by Gasteiger charge is -2.36. The summed E-state index contributed by atoms with van der Waals surface area (Å²) in [5.41, 5.74) is 3.91. The molecule has 2 aromatic rings. The largest absolute Gasteiger partial charge is 0.369 e. The number of nitrogens with one attached hydrogen (secondary N) is 2.